The number of hydrogen-bond donors (Lipinski definition) is 2. The smallest absolute Gasteiger partial charge is 0.261 e. The second-order valence-corrected chi connectivity index (χ2v) is 14.5. The molecule has 2 N–H and O–H groups in total. The van der Waals surface area contributed by atoms with E-state index < -0.39 is 0 Å². The Morgan fingerprint density at radius 2 is 1.89 bits per heavy atom. The third kappa shape index (κ3) is 5.66. The van der Waals surface area contributed by atoms with Crippen LogP contribution in [0.3, 0.4) is 0 Å². The SMILES string of the molecule is C[C@@H]1[C@@H](N=C(Nc2ccc3c(=O)n(CCc4ccc(Cl)cc4)c(-c4cnccn4)nc3c2)N2CC(=O)N[C@@H](C)C2)C2[C@@H](C)C(C)(C)[C@@H]21. The number of benzene rings is 2. The molecular formula is C36H41ClN8O2. The molecule has 2 aliphatic carbocycles. The molecule has 3 fully saturated rings. The van der Waals surface area contributed by atoms with Gasteiger partial charge in [0, 0.05) is 42.2 Å². The van der Waals surface area contributed by atoms with Crippen molar-refractivity contribution in [1.82, 2.24) is 29.7 Å². The normalized spacial score (nSPS) is 26.6. The third-order valence-corrected chi connectivity index (χ3v) is 11.1. The minimum Gasteiger partial charge on any atom is -0.350 e. The molecule has 1 aliphatic heterocycles. The van der Waals surface area contributed by atoms with Gasteiger partial charge in [-0.15, -0.1) is 0 Å². The number of nitrogens with zero attached hydrogens (tertiary/aromatic N) is 6. The number of hydrogen-bond acceptors (Lipinski definition) is 6. The number of piperazine rings is 1. The Balaban J connectivity index is 1.24. The molecule has 1 unspecified atom stereocenters. The standard InChI is InChI=1S/C36H41ClN8O2/c1-20-18-44(19-29(46)40-20)35(43-32-21(2)31-30(32)22(3)36(31,4)5)41-25-10-11-26-27(16-25)42-33(28-17-38-13-14-39-28)45(34(26)47)15-12-23-6-8-24(37)9-7-23/h6-11,13-14,16-17,20-22,30-32H,12,15,18-19H2,1-5H3,(H,40,46)(H,41,43)/t20-,21-,22+,30?,31+,32+/m0/s1. The second kappa shape index (κ2) is 12.0. The lowest BCUT2D eigenvalue weighted by Gasteiger charge is -2.70. The number of halogens is 1. The fourth-order valence-electron chi connectivity index (χ4n) is 8.21. The first-order valence-corrected chi connectivity index (χ1v) is 16.8. The molecule has 3 heterocycles. The van der Waals surface area contributed by atoms with Crippen molar-refractivity contribution in [2.75, 3.05) is 18.4 Å². The number of fused-ring (bicyclic) bond motifs is 2. The first-order chi connectivity index (χ1) is 22.5. The molecule has 11 heteroatoms. The van der Waals surface area contributed by atoms with E-state index in [0.717, 1.165) is 11.3 Å². The van der Waals surface area contributed by atoms with Gasteiger partial charge in [-0.25, -0.2) is 15.0 Å². The van der Waals surface area contributed by atoms with Gasteiger partial charge in [-0.05, 0) is 78.3 Å². The molecule has 1 saturated heterocycles. The van der Waals surface area contributed by atoms with E-state index in [2.05, 4.69) is 48.3 Å². The van der Waals surface area contributed by atoms with Crippen molar-refractivity contribution in [1.29, 1.82) is 0 Å². The highest BCUT2D eigenvalue weighted by Gasteiger charge is 2.67. The number of guanidine groups is 1. The van der Waals surface area contributed by atoms with Gasteiger partial charge < -0.3 is 15.5 Å². The van der Waals surface area contributed by atoms with E-state index in [0.29, 0.717) is 82.0 Å². The average Bonchev–Trinajstić information content (AvgIpc) is 3.04. The Bertz CT molecular complexity index is 1910. The molecule has 2 aromatic carbocycles. The van der Waals surface area contributed by atoms with E-state index >= 15 is 0 Å². The van der Waals surface area contributed by atoms with Crippen molar-refractivity contribution < 1.29 is 4.79 Å². The van der Waals surface area contributed by atoms with E-state index in [4.69, 9.17) is 21.6 Å². The number of carbonyl (C=O) groups is 1. The summed E-state index contributed by atoms with van der Waals surface area (Å²) in [7, 11) is 0. The van der Waals surface area contributed by atoms with E-state index in [-0.39, 0.29) is 30.1 Å². The minimum absolute atomic E-state index is 0.00415. The van der Waals surface area contributed by atoms with Crippen molar-refractivity contribution in [3.05, 3.63) is 82.0 Å². The second-order valence-electron chi connectivity index (χ2n) is 14.1. The van der Waals surface area contributed by atoms with Crippen LogP contribution in [0, 0.1) is 29.1 Å². The maximum absolute atomic E-state index is 14.0. The summed E-state index contributed by atoms with van der Waals surface area (Å²) in [5.41, 5.74) is 3.03. The first-order valence-electron chi connectivity index (χ1n) is 16.5. The number of carbonyl (C=O) groups excluding carboxylic acids is 1. The highest BCUT2D eigenvalue weighted by Crippen LogP contribution is 2.68. The zero-order chi connectivity index (χ0) is 33.0. The van der Waals surface area contributed by atoms with E-state index in [1.165, 1.54) is 0 Å². The summed E-state index contributed by atoms with van der Waals surface area (Å²) in [6.45, 7) is 12.7. The van der Waals surface area contributed by atoms with E-state index in [9.17, 15) is 9.59 Å². The monoisotopic (exact) mass is 652 g/mol. The lowest BCUT2D eigenvalue weighted by Crippen LogP contribution is -2.69. The van der Waals surface area contributed by atoms with Gasteiger partial charge in [-0.1, -0.05) is 51.4 Å². The number of amides is 1. The number of aromatic nitrogens is 4. The number of anilines is 1. The Hall–Kier alpha value is -4.31. The van der Waals surface area contributed by atoms with Crippen LogP contribution < -0.4 is 16.2 Å². The third-order valence-electron chi connectivity index (χ3n) is 10.9. The van der Waals surface area contributed by atoms with Gasteiger partial charge in [0.15, 0.2) is 11.8 Å². The largest absolute Gasteiger partial charge is 0.350 e. The maximum Gasteiger partial charge on any atom is 0.261 e. The Morgan fingerprint density at radius 3 is 2.62 bits per heavy atom. The van der Waals surface area contributed by atoms with Gasteiger partial charge in [-0.3, -0.25) is 19.1 Å². The van der Waals surface area contributed by atoms with Crippen LogP contribution in [0.1, 0.15) is 40.2 Å². The van der Waals surface area contributed by atoms with Crippen LogP contribution in [0.15, 0.2) is 70.8 Å². The molecule has 6 atom stereocenters. The van der Waals surface area contributed by atoms with Gasteiger partial charge in [0.05, 0.1) is 29.7 Å². The van der Waals surface area contributed by atoms with Crippen LogP contribution in [0.4, 0.5) is 5.69 Å². The first kappa shape index (κ1) is 31.3. The van der Waals surface area contributed by atoms with Crippen LogP contribution in [-0.4, -0.2) is 61.5 Å². The lowest BCUT2D eigenvalue weighted by molar-refractivity contribution is -0.208. The quantitative estimate of drug-likeness (QED) is 0.215. The summed E-state index contributed by atoms with van der Waals surface area (Å²) in [4.78, 5) is 47.7. The minimum atomic E-state index is -0.150. The summed E-state index contributed by atoms with van der Waals surface area (Å²) >= 11 is 6.08. The Morgan fingerprint density at radius 1 is 1.11 bits per heavy atom. The van der Waals surface area contributed by atoms with Gasteiger partial charge in [0.2, 0.25) is 5.91 Å². The van der Waals surface area contributed by atoms with Crippen LogP contribution in [0.25, 0.3) is 22.4 Å². The number of rotatable bonds is 6. The molecule has 2 saturated carbocycles. The number of nitrogens with one attached hydrogen (secondary N) is 2. The van der Waals surface area contributed by atoms with Crippen LogP contribution >= 0.6 is 11.6 Å². The van der Waals surface area contributed by atoms with Gasteiger partial charge in [0.1, 0.15) is 5.69 Å². The molecule has 7 rings (SSSR count). The van der Waals surface area contributed by atoms with Gasteiger partial charge in [0.25, 0.3) is 5.56 Å². The lowest BCUT2D eigenvalue weighted by atomic mass is 9.35. The molecule has 0 spiro atoms. The molecule has 244 valence electrons. The fourth-order valence-corrected chi connectivity index (χ4v) is 8.34. The summed E-state index contributed by atoms with van der Waals surface area (Å²) in [6.07, 6.45) is 5.44. The van der Waals surface area contributed by atoms with Crippen molar-refractivity contribution in [3.63, 3.8) is 0 Å². The average molecular weight is 653 g/mol. The van der Waals surface area contributed by atoms with Crippen molar-refractivity contribution in [2.24, 2.45) is 34.1 Å². The van der Waals surface area contributed by atoms with Crippen molar-refractivity contribution >= 4 is 40.1 Å². The Labute approximate surface area is 279 Å². The van der Waals surface area contributed by atoms with Crippen molar-refractivity contribution in [2.45, 2.75) is 59.7 Å². The molecule has 0 bridgehead atoms. The van der Waals surface area contributed by atoms with Gasteiger partial charge in [-0.2, -0.15) is 0 Å². The molecular weight excluding hydrogens is 612 g/mol. The summed E-state index contributed by atoms with van der Waals surface area (Å²) in [5.74, 6) is 3.33. The zero-order valence-electron chi connectivity index (χ0n) is 27.4. The molecule has 3 aliphatic rings. The number of aliphatic imine (C=N–C) groups is 1. The molecule has 10 nitrogen and oxygen atoms in total. The zero-order valence-corrected chi connectivity index (χ0v) is 28.2. The molecule has 2 aromatic heterocycles. The molecule has 1 amide bonds. The van der Waals surface area contributed by atoms with E-state index in [1.54, 1.807) is 23.2 Å². The van der Waals surface area contributed by atoms with Crippen LogP contribution in [0.2, 0.25) is 5.02 Å². The van der Waals surface area contributed by atoms with Crippen LogP contribution in [-0.2, 0) is 17.8 Å². The maximum atomic E-state index is 14.0. The predicted octanol–water partition coefficient (Wildman–Crippen LogP) is 5.26. The number of aryl methyl sites for hydroxylation is 1. The summed E-state index contributed by atoms with van der Waals surface area (Å²) in [6, 6.07) is 13.4. The topological polar surface area (TPSA) is 117 Å². The van der Waals surface area contributed by atoms with Gasteiger partial charge >= 0.3 is 0 Å². The summed E-state index contributed by atoms with van der Waals surface area (Å²) in [5, 5.41) is 7.74. The van der Waals surface area contributed by atoms with Crippen LogP contribution in [0.5, 0.6) is 0 Å². The highest BCUT2D eigenvalue weighted by atomic mass is 35.5. The fraction of sp³-hybridized carbons (Fsp3) is 0.444. The molecule has 4 aromatic rings. The molecule has 0 radical (unpaired) electrons. The Kier molecular flexibility index (Phi) is 8.02. The van der Waals surface area contributed by atoms with E-state index in [1.807, 2.05) is 54.3 Å². The highest BCUT2D eigenvalue weighted by molar-refractivity contribution is 6.30. The summed E-state index contributed by atoms with van der Waals surface area (Å²) < 4.78 is 1.67. The molecule has 47 heavy (non-hydrogen) atoms. The predicted molar refractivity (Wildman–Crippen MR) is 185 cm³/mol. The van der Waals surface area contributed by atoms with Crippen molar-refractivity contribution in [3.8, 4) is 11.5 Å².